The fraction of sp³-hybridized carbons (Fsp3) is 0.200. The summed E-state index contributed by atoms with van der Waals surface area (Å²) < 4.78 is 7.04. The molecule has 4 heterocycles. The minimum atomic E-state index is -1.14. The highest BCUT2D eigenvalue weighted by Crippen LogP contribution is 2.41. The second kappa shape index (κ2) is 5.91. The van der Waals surface area contributed by atoms with Gasteiger partial charge in [0.1, 0.15) is 11.4 Å². The number of rotatable bonds is 2. The molecule has 5 rings (SSSR count). The number of hydrogen-bond donors (Lipinski definition) is 1. The highest BCUT2D eigenvalue weighted by atomic mass is 16.5. The number of imide groups is 1. The van der Waals surface area contributed by atoms with Crippen molar-refractivity contribution in [1.82, 2.24) is 19.6 Å². The van der Waals surface area contributed by atoms with Crippen LogP contribution in [0, 0.1) is 0 Å². The van der Waals surface area contributed by atoms with Crippen LogP contribution in [0.15, 0.2) is 59.5 Å². The maximum absolute atomic E-state index is 13.3. The third-order valence-corrected chi connectivity index (χ3v) is 5.20. The average molecular weight is 376 g/mol. The van der Waals surface area contributed by atoms with Crippen molar-refractivity contribution in [3.8, 4) is 5.75 Å². The van der Waals surface area contributed by atoms with Gasteiger partial charge in [0.25, 0.3) is 11.5 Å². The Bertz CT molecular complexity index is 1190. The van der Waals surface area contributed by atoms with Crippen molar-refractivity contribution in [2.45, 2.75) is 18.5 Å². The molecule has 2 aliphatic heterocycles. The van der Waals surface area contributed by atoms with Crippen LogP contribution in [0.4, 0.5) is 4.79 Å². The normalized spacial score (nSPS) is 20.9. The Morgan fingerprint density at radius 3 is 2.82 bits per heavy atom. The van der Waals surface area contributed by atoms with Gasteiger partial charge in [-0.25, -0.2) is 9.78 Å². The zero-order valence-electron chi connectivity index (χ0n) is 14.8. The third kappa shape index (κ3) is 2.31. The van der Waals surface area contributed by atoms with Crippen LogP contribution >= 0.6 is 0 Å². The summed E-state index contributed by atoms with van der Waals surface area (Å²) in [4.78, 5) is 43.8. The van der Waals surface area contributed by atoms with E-state index in [2.05, 4.69) is 10.3 Å². The number of benzene rings is 1. The standard InChI is InChI=1S/C20H16N4O4/c25-17-11-13(21-16-7-3-4-9-23(16)17)12-24-18(26)20(22-19(24)27)8-10-28-15-6-2-1-5-14(15)20/h1-7,9,11H,8,10,12H2,(H,22,27). The summed E-state index contributed by atoms with van der Waals surface area (Å²) >= 11 is 0. The molecule has 8 nitrogen and oxygen atoms in total. The van der Waals surface area contributed by atoms with Crippen molar-refractivity contribution in [3.05, 3.63) is 76.3 Å². The van der Waals surface area contributed by atoms with Gasteiger partial charge in [-0.05, 0) is 18.2 Å². The molecule has 1 atom stereocenters. The molecule has 2 aromatic heterocycles. The quantitative estimate of drug-likeness (QED) is 0.683. The number of carbonyl (C=O) groups excluding carboxylic acids is 2. The highest BCUT2D eigenvalue weighted by Gasteiger charge is 2.54. The molecular weight excluding hydrogens is 360 g/mol. The average Bonchev–Trinajstić information content (AvgIpc) is 2.93. The fourth-order valence-electron chi connectivity index (χ4n) is 3.86. The molecule has 3 aromatic rings. The number of amides is 3. The van der Waals surface area contributed by atoms with E-state index in [0.717, 1.165) is 4.90 Å². The fourth-order valence-corrected chi connectivity index (χ4v) is 3.86. The molecule has 1 N–H and O–H groups in total. The molecule has 140 valence electrons. The number of fused-ring (bicyclic) bond motifs is 3. The van der Waals surface area contributed by atoms with Crippen molar-refractivity contribution in [3.63, 3.8) is 0 Å². The van der Waals surface area contributed by atoms with E-state index in [1.165, 1.54) is 10.5 Å². The Hall–Kier alpha value is -3.68. The molecular formula is C20H16N4O4. The molecule has 0 bridgehead atoms. The van der Waals surface area contributed by atoms with Crippen LogP contribution in [0.3, 0.4) is 0 Å². The van der Waals surface area contributed by atoms with Gasteiger partial charge in [-0.15, -0.1) is 0 Å². The van der Waals surface area contributed by atoms with Crippen molar-refractivity contribution in [2.24, 2.45) is 0 Å². The first kappa shape index (κ1) is 16.5. The van der Waals surface area contributed by atoms with Crippen molar-refractivity contribution in [2.75, 3.05) is 6.61 Å². The second-order valence-corrected chi connectivity index (χ2v) is 6.84. The van der Waals surface area contributed by atoms with E-state index in [4.69, 9.17) is 4.74 Å². The first-order chi connectivity index (χ1) is 13.6. The van der Waals surface area contributed by atoms with Crippen molar-refractivity contribution < 1.29 is 14.3 Å². The van der Waals surface area contributed by atoms with E-state index in [9.17, 15) is 14.4 Å². The van der Waals surface area contributed by atoms with Crippen LogP contribution in [-0.2, 0) is 16.9 Å². The topological polar surface area (TPSA) is 93.0 Å². The number of hydrogen-bond acceptors (Lipinski definition) is 5. The van der Waals surface area contributed by atoms with E-state index >= 15 is 0 Å². The molecule has 0 radical (unpaired) electrons. The maximum Gasteiger partial charge on any atom is 0.325 e. The number of urea groups is 1. The number of nitrogens with one attached hydrogen (secondary N) is 1. The van der Waals surface area contributed by atoms with E-state index < -0.39 is 11.6 Å². The minimum Gasteiger partial charge on any atom is -0.493 e. The summed E-state index contributed by atoms with van der Waals surface area (Å²) in [5.41, 5.74) is 0.0605. The SMILES string of the molecule is O=C1NC2(CCOc3ccccc32)C(=O)N1Cc1cc(=O)n2ccccc2n1. The number of pyridine rings is 1. The lowest BCUT2D eigenvalue weighted by molar-refractivity contribution is -0.133. The predicted molar refractivity (Wildman–Crippen MR) is 98.8 cm³/mol. The van der Waals surface area contributed by atoms with E-state index in [1.54, 1.807) is 36.5 Å². The molecule has 1 fully saturated rings. The van der Waals surface area contributed by atoms with Crippen LogP contribution in [0.2, 0.25) is 0 Å². The Labute approximate surface area is 159 Å². The molecule has 28 heavy (non-hydrogen) atoms. The number of nitrogens with zero attached hydrogens (tertiary/aromatic N) is 3. The van der Waals surface area contributed by atoms with E-state index in [0.29, 0.717) is 35.7 Å². The summed E-state index contributed by atoms with van der Waals surface area (Å²) in [6.07, 6.45) is 1.97. The van der Waals surface area contributed by atoms with Crippen LogP contribution in [-0.4, -0.2) is 32.8 Å². The Kier molecular flexibility index (Phi) is 3.48. The van der Waals surface area contributed by atoms with Gasteiger partial charge in [0.2, 0.25) is 0 Å². The van der Waals surface area contributed by atoms with Gasteiger partial charge < -0.3 is 10.1 Å². The second-order valence-electron chi connectivity index (χ2n) is 6.84. The third-order valence-electron chi connectivity index (χ3n) is 5.20. The van der Waals surface area contributed by atoms with Gasteiger partial charge in [0.05, 0.1) is 18.8 Å². The molecule has 0 aliphatic carbocycles. The zero-order valence-corrected chi connectivity index (χ0v) is 14.8. The number of para-hydroxylation sites is 1. The van der Waals surface area contributed by atoms with Crippen LogP contribution in [0.5, 0.6) is 5.75 Å². The van der Waals surface area contributed by atoms with Crippen LogP contribution in [0.1, 0.15) is 17.7 Å². The first-order valence-corrected chi connectivity index (χ1v) is 8.92. The molecule has 1 saturated heterocycles. The van der Waals surface area contributed by atoms with Gasteiger partial charge >= 0.3 is 6.03 Å². The molecule has 1 spiro atoms. The lowest BCUT2D eigenvalue weighted by atomic mass is 9.84. The smallest absolute Gasteiger partial charge is 0.325 e. The predicted octanol–water partition coefficient (Wildman–Crippen LogP) is 1.42. The lowest BCUT2D eigenvalue weighted by Crippen LogP contribution is -2.47. The minimum absolute atomic E-state index is 0.0733. The van der Waals surface area contributed by atoms with E-state index in [-0.39, 0.29) is 18.0 Å². The summed E-state index contributed by atoms with van der Waals surface area (Å²) in [6.45, 7) is 0.253. The van der Waals surface area contributed by atoms with Crippen LogP contribution < -0.4 is 15.6 Å². The van der Waals surface area contributed by atoms with Gasteiger partial charge in [-0.2, -0.15) is 0 Å². The molecule has 2 aliphatic rings. The van der Waals surface area contributed by atoms with Gasteiger partial charge in [0.15, 0.2) is 5.54 Å². The molecule has 3 amide bonds. The molecule has 1 aromatic carbocycles. The molecule has 8 heteroatoms. The number of ether oxygens (including phenoxy) is 1. The Morgan fingerprint density at radius 2 is 1.93 bits per heavy atom. The molecule has 1 unspecified atom stereocenters. The Balaban J connectivity index is 1.52. The van der Waals surface area contributed by atoms with Gasteiger partial charge in [-0.1, -0.05) is 24.3 Å². The van der Waals surface area contributed by atoms with Crippen molar-refractivity contribution >= 4 is 17.6 Å². The zero-order chi connectivity index (χ0) is 19.3. The summed E-state index contributed by atoms with van der Waals surface area (Å²) in [7, 11) is 0. The van der Waals surface area contributed by atoms with E-state index in [1.807, 2.05) is 12.1 Å². The number of carbonyl (C=O) groups is 2. The summed E-state index contributed by atoms with van der Waals surface area (Å²) in [5.74, 6) is 0.231. The van der Waals surface area contributed by atoms with Crippen LogP contribution in [0.25, 0.3) is 5.65 Å². The summed E-state index contributed by atoms with van der Waals surface area (Å²) in [5, 5.41) is 2.84. The summed E-state index contributed by atoms with van der Waals surface area (Å²) in [6, 6.07) is 13.3. The van der Waals surface area contributed by atoms with Gasteiger partial charge in [0, 0.05) is 24.2 Å². The molecule has 0 saturated carbocycles. The van der Waals surface area contributed by atoms with Gasteiger partial charge in [-0.3, -0.25) is 18.9 Å². The Morgan fingerprint density at radius 1 is 1.11 bits per heavy atom. The highest BCUT2D eigenvalue weighted by molar-refractivity contribution is 6.07. The maximum atomic E-state index is 13.3. The first-order valence-electron chi connectivity index (χ1n) is 8.92. The monoisotopic (exact) mass is 376 g/mol. The lowest BCUT2D eigenvalue weighted by Gasteiger charge is -2.33. The largest absolute Gasteiger partial charge is 0.493 e. The number of aromatic nitrogens is 2. The van der Waals surface area contributed by atoms with Crippen molar-refractivity contribution in [1.29, 1.82) is 0 Å².